The predicted molar refractivity (Wildman–Crippen MR) is 289 cm³/mol. The molecule has 0 saturated heterocycles. The van der Waals surface area contributed by atoms with Crippen LogP contribution in [-0.4, -0.2) is 73.8 Å². The molecule has 2 atom stereocenters. The van der Waals surface area contributed by atoms with Crippen LogP contribution in [0, 0.1) is 0 Å². The molecule has 0 aromatic rings. The summed E-state index contributed by atoms with van der Waals surface area (Å²) in [6.45, 7) is 8.59. The zero-order valence-corrected chi connectivity index (χ0v) is 48.7. The van der Waals surface area contributed by atoms with Gasteiger partial charge in [-0.25, -0.2) is 0 Å². The van der Waals surface area contributed by atoms with Gasteiger partial charge in [-0.15, -0.1) is 0 Å². The third-order valence-corrected chi connectivity index (χ3v) is 13.6. The summed E-state index contributed by atoms with van der Waals surface area (Å²) in [5.74, 6) is -1.85. The number of carbonyl (C=O) groups is 4. The van der Waals surface area contributed by atoms with Crippen molar-refractivity contribution in [1.82, 2.24) is 0 Å². The number of ether oxygens (including phenoxy) is 2. The fourth-order valence-electron chi connectivity index (χ4n) is 9.14. The summed E-state index contributed by atoms with van der Waals surface area (Å²) in [4.78, 5) is 44.7. The van der Waals surface area contributed by atoms with E-state index in [9.17, 15) is 29.4 Å². The SMILES string of the molecule is CCCCCCCCCCCC(=O)OC(C)CCCCCCCCCCCCCCCC(=O)[O-].CCCCCCCCCCCC(=O)OC(C)CCCCCCCCCCCCCCCC(=O)[O-].[Ca+2]. The van der Waals surface area contributed by atoms with Crippen molar-refractivity contribution in [3.63, 3.8) is 0 Å². The molecule has 0 saturated carbocycles. The molecule has 2 unspecified atom stereocenters. The first-order valence-corrected chi connectivity index (χ1v) is 29.9. The van der Waals surface area contributed by atoms with Gasteiger partial charge in [-0.05, 0) is 78.1 Å². The van der Waals surface area contributed by atoms with Gasteiger partial charge in [-0.1, -0.05) is 258 Å². The van der Waals surface area contributed by atoms with Crippen molar-refractivity contribution in [2.45, 2.75) is 361 Å². The molecule has 0 fully saturated rings. The number of unbranched alkanes of at least 4 members (excludes halogenated alkanes) is 40. The average Bonchev–Trinajstić information content (AvgIpc) is 3.30. The topological polar surface area (TPSA) is 133 Å². The molecule has 0 aliphatic carbocycles. The molecule has 0 amide bonds. The first-order chi connectivity index (χ1) is 33.1. The van der Waals surface area contributed by atoms with E-state index in [0.717, 1.165) is 89.9 Å². The number of rotatable bonds is 54. The summed E-state index contributed by atoms with van der Waals surface area (Å²) >= 11 is 0. The van der Waals surface area contributed by atoms with E-state index in [1.54, 1.807) is 0 Å². The summed E-state index contributed by atoms with van der Waals surface area (Å²) in [7, 11) is 0. The molecule has 0 spiro atoms. The molecule has 0 aromatic heterocycles. The van der Waals surface area contributed by atoms with Crippen LogP contribution in [0.1, 0.15) is 349 Å². The standard InChI is InChI=1S/2C30H58O4.Ca/c2*1-3-4-5-6-7-13-18-21-24-27-30(33)34-28(2)25-22-19-16-14-11-9-8-10-12-15-17-20-23-26-29(31)32;/h2*28H,3-27H2,1-2H3,(H,31,32);/q;;+2/p-2. The van der Waals surface area contributed by atoms with E-state index in [1.165, 1.54) is 205 Å². The number of carbonyl (C=O) groups excluding carboxylic acids is 4. The van der Waals surface area contributed by atoms with Crippen LogP contribution in [-0.2, 0) is 28.7 Å². The maximum absolute atomic E-state index is 12.0. The van der Waals surface area contributed by atoms with Crippen LogP contribution in [0.4, 0.5) is 0 Å². The molecule has 0 aliphatic rings. The molecule has 0 N–H and O–H groups in total. The largest absolute Gasteiger partial charge is 2.00 e. The van der Waals surface area contributed by atoms with Crippen LogP contribution in [0.25, 0.3) is 0 Å². The molecule has 0 radical (unpaired) electrons. The number of esters is 2. The van der Waals surface area contributed by atoms with Crippen LogP contribution in [0.15, 0.2) is 0 Å². The summed E-state index contributed by atoms with van der Waals surface area (Å²) in [6.07, 6.45) is 58.1. The molecule has 0 rings (SSSR count). The van der Waals surface area contributed by atoms with E-state index < -0.39 is 11.9 Å². The summed E-state index contributed by atoms with van der Waals surface area (Å²) < 4.78 is 11.2. The smallest absolute Gasteiger partial charge is 0.550 e. The summed E-state index contributed by atoms with van der Waals surface area (Å²) in [5.41, 5.74) is 0. The Labute approximate surface area is 458 Å². The molecule has 0 heterocycles. The molecular weight excluding hydrogens is 889 g/mol. The number of carboxylic acids is 2. The predicted octanol–water partition coefficient (Wildman–Crippen LogP) is 16.5. The first-order valence-electron chi connectivity index (χ1n) is 29.9. The van der Waals surface area contributed by atoms with Gasteiger partial charge >= 0.3 is 49.7 Å². The Hall–Kier alpha value is -0.860. The van der Waals surface area contributed by atoms with E-state index >= 15 is 0 Å². The van der Waals surface area contributed by atoms with Gasteiger partial charge in [-0.2, -0.15) is 0 Å². The van der Waals surface area contributed by atoms with Gasteiger partial charge in [0.15, 0.2) is 0 Å². The minimum Gasteiger partial charge on any atom is -0.550 e. The molecule has 0 aromatic carbocycles. The second-order valence-electron chi connectivity index (χ2n) is 20.8. The van der Waals surface area contributed by atoms with Crippen molar-refractivity contribution in [2.75, 3.05) is 0 Å². The molecule has 404 valence electrons. The van der Waals surface area contributed by atoms with Gasteiger partial charge in [0.05, 0.1) is 12.2 Å². The Morgan fingerprint density at radius 3 is 0.667 bits per heavy atom. The Balaban J connectivity index is -0.00000124. The molecular formula is C60H114CaO8. The van der Waals surface area contributed by atoms with E-state index in [0.29, 0.717) is 12.8 Å². The molecule has 8 nitrogen and oxygen atoms in total. The molecule has 0 bridgehead atoms. The van der Waals surface area contributed by atoms with E-state index in [-0.39, 0.29) is 74.7 Å². The van der Waals surface area contributed by atoms with Crippen molar-refractivity contribution in [2.24, 2.45) is 0 Å². The molecule has 9 heteroatoms. The third-order valence-electron chi connectivity index (χ3n) is 13.6. The quantitative estimate of drug-likeness (QED) is 0.0334. The zero-order valence-electron chi connectivity index (χ0n) is 46.5. The minimum absolute atomic E-state index is 0. The number of aliphatic carboxylic acids is 2. The van der Waals surface area contributed by atoms with Gasteiger partial charge in [-0.3, -0.25) is 9.59 Å². The Bertz CT molecular complexity index is 988. The van der Waals surface area contributed by atoms with E-state index in [4.69, 9.17) is 9.47 Å². The fraction of sp³-hybridized carbons (Fsp3) is 0.933. The Kier molecular flexibility index (Phi) is 64.5. The number of carboxylic acid groups (broad SMARTS) is 2. The van der Waals surface area contributed by atoms with Crippen molar-refractivity contribution in [1.29, 1.82) is 0 Å². The fourth-order valence-corrected chi connectivity index (χ4v) is 9.14. The van der Waals surface area contributed by atoms with Crippen molar-refractivity contribution in [3.05, 3.63) is 0 Å². The van der Waals surface area contributed by atoms with Crippen LogP contribution >= 0.6 is 0 Å². The Morgan fingerprint density at radius 2 is 0.464 bits per heavy atom. The molecule has 0 aliphatic heterocycles. The van der Waals surface area contributed by atoms with Crippen LogP contribution < -0.4 is 10.2 Å². The van der Waals surface area contributed by atoms with Crippen molar-refractivity contribution < 1.29 is 38.9 Å². The maximum atomic E-state index is 12.0. The van der Waals surface area contributed by atoms with Crippen LogP contribution in [0.2, 0.25) is 0 Å². The molecule has 69 heavy (non-hydrogen) atoms. The van der Waals surface area contributed by atoms with Gasteiger partial charge in [0.2, 0.25) is 0 Å². The number of hydrogen-bond donors (Lipinski definition) is 0. The van der Waals surface area contributed by atoms with Gasteiger partial charge in [0, 0.05) is 24.8 Å². The van der Waals surface area contributed by atoms with Crippen molar-refractivity contribution >= 4 is 61.6 Å². The summed E-state index contributed by atoms with van der Waals surface area (Å²) in [5, 5.41) is 20.7. The van der Waals surface area contributed by atoms with Gasteiger partial charge in [0.1, 0.15) is 0 Å². The zero-order chi connectivity index (χ0) is 50.2. The second kappa shape index (κ2) is 61.4. The van der Waals surface area contributed by atoms with E-state index in [1.807, 2.05) is 13.8 Å². The summed E-state index contributed by atoms with van der Waals surface area (Å²) in [6, 6.07) is 0. The maximum Gasteiger partial charge on any atom is 2.00 e. The first kappa shape index (κ1) is 72.4. The van der Waals surface area contributed by atoms with Gasteiger partial charge < -0.3 is 29.3 Å². The monoisotopic (exact) mass is 1000 g/mol. The van der Waals surface area contributed by atoms with Crippen LogP contribution in [0.5, 0.6) is 0 Å². The Morgan fingerprint density at radius 1 is 0.290 bits per heavy atom. The minimum atomic E-state index is -0.919. The second-order valence-corrected chi connectivity index (χ2v) is 20.8. The number of hydrogen-bond acceptors (Lipinski definition) is 8. The average molecular weight is 1000 g/mol. The third kappa shape index (κ3) is 67.1. The van der Waals surface area contributed by atoms with Gasteiger partial charge in [0.25, 0.3) is 0 Å². The van der Waals surface area contributed by atoms with E-state index in [2.05, 4.69) is 13.8 Å². The van der Waals surface area contributed by atoms with Crippen LogP contribution in [0.3, 0.4) is 0 Å². The van der Waals surface area contributed by atoms with Crippen molar-refractivity contribution in [3.8, 4) is 0 Å². The normalized spacial score (nSPS) is 11.9.